The number of rotatable bonds is 4. The normalized spacial score (nSPS) is 23.6. The SMILES string of the molecule is CCCc1onc(C)c1C(=O)N1CC2(C[C@@H](OC)CCO2)C1. The lowest BCUT2D eigenvalue weighted by molar-refractivity contribution is -0.181. The molecule has 0 aromatic carbocycles. The number of ether oxygens (including phenoxy) is 2. The highest BCUT2D eigenvalue weighted by atomic mass is 16.5. The van der Waals surface area contributed by atoms with Crippen LogP contribution in [0.4, 0.5) is 0 Å². The van der Waals surface area contributed by atoms with Gasteiger partial charge in [0.1, 0.15) is 16.9 Å². The zero-order valence-electron chi connectivity index (χ0n) is 13.6. The molecular weight excluding hydrogens is 284 g/mol. The van der Waals surface area contributed by atoms with Crippen molar-refractivity contribution in [3.63, 3.8) is 0 Å². The molecule has 2 aliphatic heterocycles. The summed E-state index contributed by atoms with van der Waals surface area (Å²) in [5.74, 6) is 0.709. The van der Waals surface area contributed by atoms with Gasteiger partial charge in [-0.25, -0.2) is 0 Å². The minimum atomic E-state index is -0.218. The van der Waals surface area contributed by atoms with Crippen LogP contribution in [0.1, 0.15) is 48.0 Å². The van der Waals surface area contributed by atoms with E-state index in [0.29, 0.717) is 36.7 Å². The Morgan fingerprint density at radius 3 is 2.95 bits per heavy atom. The van der Waals surface area contributed by atoms with E-state index in [1.54, 1.807) is 7.11 Å². The van der Waals surface area contributed by atoms with Gasteiger partial charge in [-0.2, -0.15) is 0 Å². The summed E-state index contributed by atoms with van der Waals surface area (Å²) in [7, 11) is 1.74. The molecule has 22 heavy (non-hydrogen) atoms. The average Bonchev–Trinajstić information content (AvgIpc) is 2.85. The number of nitrogens with zero attached hydrogens (tertiary/aromatic N) is 2. The number of amides is 1. The van der Waals surface area contributed by atoms with Crippen molar-refractivity contribution in [3.8, 4) is 0 Å². The molecule has 0 unspecified atom stereocenters. The van der Waals surface area contributed by atoms with E-state index in [0.717, 1.165) is 25.7 Å². The van der Waals surface area contributed by atoms with Crippen LogP contribution in [-0.2, 0) is 15.9 Å². The Balaban J connectivity index is 1.67. The second-order valence-corrected chi connectivity index (χ2v) is 6.36. The summed E-state index contributed by atoms with van der Waals surface area (Å²) in [5, 5.41) is 3.95. The molecule has 0 aliphatic carbocycles. The molecule has 0 saturated carbocycles. The summed E-state index contributed by atoms with van der Waals surface area (Å²) in [6.45, 7) is 5.84. The minimum absolute atomic E-state index is 0.0102. The first kappa shape index (κ1) is 15.5. The van der Waals surface area contributed by atoms with Gasteiger partial charge >= 0.3 is 0 Å². The Morgan fingerprint density at radius 2 is 2.27 bits per heavy atom. The summed E-state index contributed by atoms with van der Waals surface area (Å²) in [5.41, 5.74) is 1.09. The van der Waals surface area contributed by atoms with Crippen molar-refractivity contribution in [2.75, 3.05) is 26.8 Å². The summed E-state index contributed by atoms with van der Waals surface area (Å²) in [6.07, 6.45) is 3.69. The van der Waals surface area contributed by atoms with Crippen LogP contribution in [-0.4, -0.2) is 54.5 Å². The van der Waals surface area contributed by atoms with Crippen molar-refractivity contribution in [1.29, 1.82) is 0 Å². The number of methoxy groups -OCH3 is 1. The smallest absolute Gasteiger partial charge is 0.259 e. The predicted molar refractivity (Wildman–Crippen MR) is 79.9 cm³/mol. The highest BCUT2D eigenvalue weighted by Crippen LogP contribution is 2.36. The number of aromatic nitrogens is 1. The fraction of sp³-hybridized carbons (Fsp3) is 0.750. The van der Waals surface area contributed by atoms with Crippen molar-refractivity contribution >= 4 is 5.91 Å². The van der Waals surface area contributed by atoms with Gasteiger partial charge in [0.2, 0.25) is 0 Å². The Morgan fingerprint density at radius 1 is 1.50 bits per heavy atom. The topological polar surface area (TPSA) is 64.8 Å². The summed E-state index contributed by atoms with van der Waals surface area (Å²) >= 11 is 0. The second kappa shape index (κ2) is 6.01. The van der Waals surface area contributed by atoms with Crippen LogP contribution < -0.4 is 0 Å². The average molecular weight is 308 g/mol. The molecule has 1 atom stereocenters. The molecule has 1 aromatic heterocycles. The van der Waals surface area contributed by atoms with E-state index in [9.17, 15) is 4.79 Å². The molecule has 1 aromatic rings. The molecule has 0 bridgehead atoms. The molecule has 2 aliphatic rings. The maximum atomic E-state index is 12.7. The first-order valence-electron chi connectivity index (χ1n) is 8.00. The fourth-order valence-electron chi connectivity index (χ4n) is 3.44. The Labute approximate surface area is 130 Å². The first-order chi connectivity index (χ1) is 10.6. The molecule has 6 nitrogen and oxygen atoms in total. The Hall–Kier alpha value is -1.40. The van der Waals surface area contributed by atoms with Crippen LogP contribution in [0, 0.1) is 6.92 Å². The maximum absolute atomic E-state index is 12.7. The Kier molecular flexibility index (Phi) is 4.23. The van der Waals surface area contributed by atoms with Gasteiger partial charge in [-0.3, -0.25) is 4.79 Å². The van der Waals surface area contributed by atoms with Gasteiger partial charge in [0.15, 0.2) is 0 Å². The van der Waals surface area contributed by atoms with Crippen molar-refractivity contribution in [3.05, 3.63) is 17.0 Å². The molecule has 0 N–H and O–H groups in total. The predicted octanol–water partition coefficient (Wildman–Crippen LogP) is 1.96. The molecular formula is C16H24N2O4. The minimum Gasteiger partial charge on any atom is -0.381 e. The number of likely N-dealkylation sites (tertiary alicyclic amines) is 1. The van der Waals surface area contributed by atoms with Gasteiger partial charge in [-0.1, -0.05) is 12.1 Å². The van der Waals surface area contributed by atoms with E-state index in [4.69, 9.17) is 14.0 Å². The fourth-order valence-corrected chi connectivity index (χ4v) is 3.44. The summed E-state index contributed by atoms with van der Waals surface area (Å²) < 4.78 is 16.7. The standard InChI is InChI=1S/C16H24N2O4/c1-4-5-13-14(11(2)17-22-13)15(19)18-9-16(10-18)8-12(20-3)6-7-21-16/h12H,4-10H2,1-3H3/t12-/m0/s1. The largest absolute Gasteiger partial charge is 0.381 e. The lowest BCUT2D eigenvalue weighted by atomic mass is 9.84. The third-order valence-corrected chi connectivity index (χ3v) is 4.65. The Bertz CT molecular complexity index is 548. The summed E-state index contributed by atoms with van der Waals surface area (Å²) in [6, 6.07) is 0. The van der Waals surface area contributed by atoms with E-state index >= 15 is 0 Å². The number of hydrogen-bond donors (Lipinski definition) is 0. The first-order valence-corrected chi connectivity index (χ1v) is 8.00. The number of carbonyl (C=O) groups excluding carboxylic acids is 1. The van der Waals surface area contributed by atoms with Crippen LogP contribution >= 0.6 is 0 Å². The van der Waals surface area contributed by atoms with Gasteiger partial charge in [-0.15, -0.1) is 0 Å². The monoisotopic (exact) mass is 308 g/mol. The maximum Gasteiger partial charge on any atom is 0.259 e. The zero-order valence-corrected chi connectivity index (χ0v) is 13.6. The van der Waals surface area contributed by atoms with Crippen LogP contribution in [0.25, 0.3) is 0 Å². The van der Waals surface area contributed by atoms with E-state index < -0.39 is 0 Å². The molecule has 1 amide bonds. The van der Waals surface area contributed by atoms with Gasteiger partial charge in [0, 0.05) is 26.6 Å². The van der Waals surface area contributed by atoms with Gasteiger partial charge in [0.05, 0.1) is 24.9 Å². The van der Waals surface area contributed by atoms with Crippen LogP contribution in [0.15, 0.2) is 4.52 Å². The second-order valence-electron chi connectivity index (χ2n) is 6.36. The molecule has 3 rings (SSSR count). The summed E-state index contributed by atoms with van der Waals surface area (Å²) in [4.78, 5) is 14.6. The molecule has 2 saturated heterocycles. The van der Waals surface area contributed by atoms with Crippen molar-refractivity contribution in [2.24, 2.45) is 0 Å². The third kappa shape index (κ3) is 2.65. The molecule has 6 heteroatoms. The number of carbonyl (C=O) groups is 1. The zero-order chi connectivity index (χ0) is 15.7. The van der Waals surface area contributed by atoms with E-state index in [2.05, 4.69) is 12.1 Å². The van der Waals surface area contributed by atoms with E-state index in [-0.39, 0.29) is 17.6 Å². The lowest BCUT2D eigenvalue weighted by Gasteiger charge is -2.52. The molecule has 0 radical (unpaired) electrons. The number of aryl methyl sites for hydroxylation is 2. The van der Waals surface area contributed by atoms with Crippen LogP contribution in [0.2, 0.25) is 0 Å². The van der Waals surface area contributed by atoms with Crippen molar-refractivity contribution in [2.45, 2.75) is 51.2 Å². The third-order valence-electron chi connectivity index (χ3n) is 4.65. The van der Waals surface area contributed by atoms with Crippen molar-refractivity contribution < 1.29 is 18.8 Å². The van der Waals surface area contributed by atoms with Gasteiger partial charge in [-0.05, 0) is 19.8 Å². The highest BCUT2D eigenvalue weighted by Gasteiger charge is 2.50. The number of hydrogen-bond acceptors (Lipinski definition) is 5. The van der Waals surface area contributed by atoms with Crippen molar-refractivity contribution in [1.82, 2.24) is 10.1 Å². The molecule has 3 heterocycles. The van der Waals surface area contributed by atoms with E-state index in [1.165, 1.54) is 0 Å². The quantitative estimate of drug-likeness (QED) is 0.850. The molecule has 122 valence electrons. The molecule has 2 fully saturated rings. The van der Waals surface area contributed by atoms with E-state index in [1.807, 2.05) is 11.8 Å². The lowest BCUT2D eigenvalue weighted by Crippen LogP contribution is -2.67. The van der Waals surface area contributed by atoms with Crippen LogP contribution in [0.5, 0.6) is 0 Å². The van der Waals surface area contributed by atoms with Crippen LogP contribution in [0.3, 0.4) is 0 Å². The highest BCUT2D eigenvalue weighted by molar-refractivity contribution is 5.96. The van der Waals surface area contributed by atoms with Gasteiger partial charge in [0.25, 0.3) is 5.91 Å². The van der Waals surface area contributed by atoms with Gasteiger partial charge < -0.3 is 18.9 Å². The molecule has 1 spiro atoms.